The largest absolute Gasteiger partial charge is 0.465 e. The molecule has 1 aromatic carbocycles. The second kappa shape index (κ2) is 7.65. The van der Waals surface area contributed by atoms with Gasteiger partial charge in [-0.2, -0.15) is 0 Å². The molecule has 0 aliphatic heterocycles. The first-order chi connectivity index (χ1) is 11.0. The van der Waals surface area contributed by atoms with Crippen molar-refractivity contribution in [3.63, 3.8) is 0 Å². The van der Waals surface area contributed by atoms with Gasteiger partial charge in [0.2, 0.25) is 15.9 Å². The van der Waals surface area contributed by atoms with Crippen LogP contribution in [0, 0.1) is 0 Å². The highest BCUT2D eigenvalue weighted by Crippen LogP contribution is 2.24. The number of rotatable bonds is 6. The summed E-state index contributed by atoms with van der Waals surface area (Å²) < 4.78 is 30.0. The van der Waals surface area contributed by atoms with Crippen LogP contribution in [0.2, 0.25) is 0 Å². The van der Waals surface area contributed by atoms with Crippen molar-refractivity contribution in [1.29, 1.82) is 0 Å². The molecule has 1 amide bonds. The Hall–Kier alpha value is -2.09. The van der Waals surface area contributed by atoms with E-state index in [0.717, 1.165) is 10.6 Å². The Labute approximate surface area is 143 Å². The minimum Gasteiger partial charge on any atom is -0.465 e. The normalized spacial score (nSPS) is 11.7. The van der Waals surface area contributed by atoms with Crippen LogP contribution in [0.3, 0.4) is 0 Å². The molecular formula is C16H24N2O5S. The number of anilines is 1. The molecule has 0 atom stereocenters. The maximum Gasteiger partial charge on any atom is 0.340 e. The molecule has 0 bridgehead atoms. The SMILES string of the molecule is COC(=O)c1ccccc1N(CCC(=O)NC(C)(C)C)S(C)(=O)=O. The fraction of sp³-hybridized carbons (Fsp3) is 0.500. The van der Waals surface area contributed by atoms with Crippen molar-refractivity contribution in [2.45, 2.75) is 32.7 Å². The number of carbonyl (C=O) groups excluding carboxylic acids is 2. The Morgan fingerprint density at radius 3 is 2.29 bits per heavy atom. The Balaban J connectivity index is 3.09. The first-order valence-electron chi connectivity index (χ1n) is 7.42. The molecule has 0 saturated carbocycles. The topological polar surface area (TPSA) is 92.8 Å². The molecule has 8 heteroatoms. The van der Waals surface area contributed by atoms with Gasteiger partial charge in [0.25, 0.3) is 0 Å². The third kappa shape index (κ3) is 5.84. The Kier molecular flexibility index (Phi) is 6.36. The smallest absolute Gasteiger partial charge is 0.340 e. The average molecular weight is 356 g/mol. The van der Waals surface area contributed by atoms with Crippen LogP contribution >= 0.6 is 0 Å². The van der Waals surface area contributed by atoms with Gasteiger partial charge >= 0.3 is 5.97 Å². The number of esters is 1. The van der Waals surface area contributed by atoms with E-state index in [0.29, 0.717) is 0 Å². The number of nitrogens with zero attached hydrogens (tertiary/aromatic N) is 1. The lowest BCUT2D eigenvalue weighted by atomic mass is 10.1. The van der Waals surface area contributed by atoms with Gasteiger partial charge in [0.15, 0.2) is 0 Å². The summed E-state index contributed by atoms with van der Waals surface area (Å²) in [7, 11) is -2.45. The number of sulfonamides is 1. The third-order valence-electron chi connectivity index (χ3n) is 3.03. The predicted molar refractivity (Wildman–Crippen MR) is 92.5 cm³/mol. The van der Waals surface area contributed by atoms with Gasteiger partial charge in [-0.15, -0.1) is 0 Å². The number of amides is 1. The summed E-state index contributed by atoms with van der Waals surface area (Å²) in [4.78, 5) is 23.8. The van der Waals surface area contributed by atoms with Crippen molar-refractivity contribution in [2.75, 3.05) is 24.2 Å². The maximum absolute atomic E-state index is 12.1. The minimum atomic E-state index is -3.68. The molecule has 0 aromatic heterocycles. The Bertz CT molecular complexity index is 707. The summed E-state index contributed by atoms with van der Waals surface area (Å²) in [6.07, 6.45) is 1.00. The van der Waals surface area contributed by atoms with Gasteiger partial charge in [0, 0.05) is 18.5 Å². The summed E-state index contributed by atoms with van der Waals surface area (Å²) in [6, 6.07) is 6.22. The quantitative estimate of drug-likeness (QED) is 0.781. The molecule has 134 valence electrons. The van der Waals surface area contributed by atoms with E-state index in [9.17, 15) is 18.0 Å². The van der Waals surface area contributed by atoms with E-state index in [-0.39, 0.29) is 30.1 Å². The van der Waals surface area contributed by atoms with E-state index in [1.54, 1.807) is 12.1 Å². The first kappa shape index (κ1) is 20.0. The second-order valence-corrected chi connectivity index (χ2v) is 8.30. The van der Waals surface area contributed by atoms with Crippen LogP contribution in [0.15, 0.2) is 24.3 Å². The number of hydrogen-bond donors (Lipinski definition) is 1. The molecule has 0 unspecified atom stereocenters. The Morgan fingerprint density at radius 2 is 1.79 bits per heavy atom. The van der Waals surface area contributed by atoms with Gasteiger partial charge in [-0.1, -0.05) is 12.1 Å². The molecular weight excluding hydrogens is 332 g/mol. The van der Waals surface area contributed by atoms with Crippen LogP contribution in [0.25, 0.3) is 0 Å². The highest BCUT2D eigenvalue weighted by molar-refractivity contribution is 7.92. The van der Waals surface area contributed by atoms with Gasteiger partial charge < -0.3 is 10.1 Å². The number of ether oxygens (including phenoxy) is 1. The molecule has 0 spiro atoms. The summed E-state index contributed by atoms with van der Waals surface area (Å²) in [5, 5.41) is 2.77. The molecule has 1 rings (SSSR count). The van der Waals surface area contributed by atoms with Crippen LogP contribution < -0.4 is 9.62 Å². The second-order valence-electron chi connectivity index (χ2n) is 6.39. The molecule has 0 saturated heterocycles. The van der Waals surface area contributed by atoms with Crippen LogP contribution in [-0.4, -0.2) is 45.7 Å². The van der Waals surface area contributed by atoms with Crippen molar-refractivity contribution in [3.8, 4) is 0 Å². The summed E-state index contributed by atoms with van der Waals surface area (Å²) in [5.41, 5.74) is -0.0891. The number of carbonyl (C=O) groups is 2. The van der Waals surface area contributed by atoms with Gasteiger partial charge in [-0.3, -0.25) is 9.10 Å². The molecule has 1 N–H and O–H groups in total. The van der Waals surface area contributed by atoms with Gasteiger partial charge in [0.05, 0.1) is 24.6 Å². The highest BCUT2D eigenvalue weighted by atomic mass is 32.2. The lowest BCUT2D eigenvalue weighted by Gasteiger charge is -2.25. The van der Waals surface area contributed by atoms with E-state index in [1.165, 1.54) is 19.2 Å². The molecule has 0 aliphatic carbocycles. The fourth-order valence-corrected chi connectivity index (χ4v) is 3.06. The molecule has 24 heavy (non-hydrogen) atoms. The monoisotopic (exact) mass is 356 g/mol. The van der Waals surface area contributed by atoms with Crippen molar-refractivity contribution in [2.24, 2.45) is 0 Å². The van der Waals surface area contributed by atoms with Crippen molar-refractivity contribution >= 4 is 27.6 Å². The number of hydrogen-bond acceptors (Lipinski definition) is 5. The van der Waals surface area contributed by atoms with E-state index >= 15 is 0 Å². The lowest BCUT2D eigenvalue weighted by Crippen LogP contribution is -2.42. The standard InChI is InChI=1S/C16H24N2O5S/c1-16(2,3)17-14(19)10-11-18(24(5,21)22)13-9-7-6-8-12(13)15(20)23-4/h6-9H,10-11H2,1-5H3,(H,17,19). The molecule has 0 heterocycles. The Morgan fingerprint density at radius 1 is 1.21 bits per heavy atom. The van der Waals surface area contributed by atoms with Crippen LogP contribution in [0.4, 0.5) is 5.69 Å². The molecule has 7 nitrogen and oxygen atoms in total. The van der Waals surface area contributed by atoms with Crippen LogP contribution in [0.1, 0.15) is 37.6 Å². The first-order valence-corrected chi connectivity index (χ1v) is 9.26. The molecule has 0 aliphatic rings. The number of methoxy groups -OCH3 is 1. The van der Waals surface area contributed by atoms with Crippen LogP contribution in [0.5, 0.6) is 0 Å². The minimum absolute atomic E-state index is 0.0279. The van der Waals surface area contributed by atoms with E-state index in [1.807, 2.05) is 20.8 Å². The van der Waals surface area contributed by atoms with E-state index < -0.39 is 21.5 Å². The zero-order valence-corrected chi connectivity index (χ0v) is 15.4. The number of benzene rings is 1. The summed E-state index contributed by atoms with van der Waals surface area (Å²) >= 11 is 0. The zero-order valence-electron chi connectivity index (χ0n) is 14.6. The van der Waals surface area contributed by atoms with Gasteiger partial charge in [-0.25, -0.2) is 13.2 Å². The highest BCUT2D eigenvalue weighted by Gasteiger charge is 2.24. The van der Waals surface area contributed by atoms with Crippen LogP contribution in [-0.2, 0) is 19.6 Å². The van der Waals surface area contributed by atoms with E-state index in [2.05, 4.69) is 5.32 Å². The third-order valence-corrected chi connectivity index (χ3v) is 4.21. The van der Waals surface area contributed by atoms with Gasteiger partial charge in [-0.05, 0) is 32.9 Å². The fourth-order valence-electron chi connectivity index (χ4n) is 2.12. The number of para-hydroxylation sites is 1. The summed E-state index contributed by atoms with van der Waals surface area (Å²) in [5.74, 6) is -0.912. The van der Waals surface area contributed by atoms with Crippen molar-refractivity contribution in [3.05, 3.63) is 29.8 Å². The van der Waals surface area contributed by atoms with Gasteiger partial charge in [0.1, 0.15) is 0 Å². The van der Waals surface area contributed by atoms with E-state index in [4.69, 9.17) is 4.74 Å². The zero-order chi connectivity index (χ0) is 18.5. The lowest BCUT2D eigenvalue weighted by molar-refractivity contribution is -0.122. The number of nitrogens with one attached hydrogen (secondary N) is 1. The summed E-state index contributed by atoms with van der Waals surface area (Å²) in [6.45, 7) is 5.44. The predicted octanol–water partition coefficient (Wildman–Crippen LogP) is 1.54. The van der Waals surface area contributed by atoms with Crippen molar-refractivity contribution in [1.82, 2.24) is 5.32 Å². The van der Waals surface area contributed by atoms with Crippen molar-refractivity contribution < 1.29 is 22.7 Å². The maximum atomic E-state index is 12.1. The average Bonchev–Trinajstić information content (AvgIpc) is 2.43. The molecule has 0 fully saturated rings. The molecule has 1 aromatic rings. The molecule has 0 radical (unpaired) electrons.